The summed E-state index contributed by atoms with van der Waals surface area (Å²) in [4.78, 5) is 4.76. The first-order valence-corrected chi connectivity index (χ1v) is 5.36. The zero-order valence-electron chi connectivity index (χ0n) is 8.66. The van der Waals surface area contributed by atoms with E-state index in [1.165, 1.54) is 35.9 Å². The molecule has 0 spiro atoms. The van der Waals surface area contributed by atoms with Crippen LogP contribution in [0.15, 0.2) is 24.3 Å². The predicted molar refractivity (Wildman–Crippen MR) is 61.5 cm³/mol. The monoisotopic (exact) mass is 198 g/mol. The number of hydrogen-bond acceptors (Lipinski definition) is 2. The summed E-state index contributed by atoms with van der Waals surface area (Å²) in [6, 6.07) is 8.56. The zero-order chi connectivity index (χ0) is 9.12. The van der Waals surface area contributed by atoms with Crippen molar-refractivity contribution in [2.24, 2.45) is 0 Å². The summed E-state index contributed by atoms with van der Waals surface area (Å²) in [5, 5.41) is 1.40. The van der Waals surface area contributed by atoms with Gasteiger partial charge in [0.2, 0.25) is 0 Å². The van der Waals surface area contributed by atoms with Crippen LogP contribution in [-0.4, -0.2) is 4.98 Å². The van der Waals surface area contributed by atoms with Gasteiger partial charge in [-0.25, -0.2) is 0 Å². The normalized spacial score (nSPS) is 20.7. The molecule has 15 heavy (non-hydrogen) atoms. The molecule has 4 bridgehead atoms. The molecule has 2 aromatic rings. The molecule has 1 atom stereocenters. The summed E-state index contributed by atoms with van der Waals surface area (Å²) >= 11 is 0. The number of benzene rings is 1. The maximum absolute atomic E-state index is 4.76. The van der Waals surface area contributed by atoms with Crippen molar-refractivity contribution < 1.29 is 0 Å². The van der Waals surface area contributed by atoms with Crippen molar-refractivity contribution in [3.63, 3.8) is 0 Å². The van der Waals surface area contributed by atoms with E-state index in [1.54, 1.807) is 11.1 Å². The molecule has 0 amide bonds. The van der Waals surface area contributed by atoms with Gasteiger partial charge in [0.15, 0.2) is 0 Å². The lowest BCUT2D eigenvalue weighted by atomic mass is 9.68. The average Bonchev–Trinajstić information content (AvgIpc) is 2.30. The van der Waals surface area contributed by atoms with Crippen molar-refractivity contribution in [2.45, 2.75) is 25.2 Å². The van der Waals surface area contributed by atoms with Gasteiger partial charge in [0.25, 0.3) is 0 Å². The standard InChI is InChI=1S/C13H11N.H3N/c1-2-7-11-8(4-1)12-9-5-3-6-10(12)13(9)14-11;/h1-2,4,7,9H,3,5-6H2;1H3. The molecule has 0 saturated carbocycles. The van der Waals surface area contributed by atoms with Gasteiger partial charge in [-0.2, -0.15) is 0 Å². The van der Waals surface area contributed by atoms with Gasteiger partial charge < -0.3 is 6.15 Å². The van der Waals surface area contributed by atoms with Crippen molar-refractivity contribution in [2.75, 3.05) is 0 Å². The highest BCUT2D eigenvalue weighted by Crippen LogP contribution is 2.50. The lowest BCUT2D eigenvalue weighted by molar-refractivity contribution is 0.541. The minimum atomic E-state index is 0. The van der Waals surface area contributed by atoms with Crippen LogP contribution in [-0.2, 0) is 6.42 Å². The van der Waals surface area contributed by atoms with Gasteiger partial charge in [-0.1, -0.05) is 18.2 Å². The van der Waals surface area contributed by atoms with Gasteiger partial charge in [0.05, 0.1) is 11.2 Å². The number of aromatic nitrogens is 1. The molecule has 76 valence electrons. The molecule has 1 aromatic carbocycles. The lowest BCUT2D eigenvalue weighted by Crippen LogP contribution is -2.26. The van der Waals surface area contributed by atoms with Crippen molar-refractivity contribution in [1.29, 1.82) is 0 Å². The Morgan fingerprint density at radius 2 is 2.07 bits per heavy atom. The van der Waals surface area contributed by atoms with E-state index in [2.05, 4.69) is 24.3 Å². The van der Waals surface area contributed by atoms with Crippen molar-refractivity contribution >= 4 is 10.9 Å². The molecule has 0 aliphatic heterocycles. The molecular weight excluding hydrogens is 184 g/mol. The Balaban J connectivity index is 0.000000722. The Labute approximate surface area is 88.9 Å². The van der Waals surface area contributed by atoms with Crippen LogP contribution in [0.25, 0.3) is 10.9 Å². The highest BCUT2D eigenvalue weighted by Gasteiger charge is 2.37. The molecule has 0 fully saturated rings. The second-order valence-electron chi connectivity index (χ2n) is 4.35. The first-order valence-electron chi connectivity index (χ1n) is 5.36. The van der Waals surface area contributed by atoms with E-state index in [-0.39, 0.29) is 6.15 Å². The third-order valence-corrected chi connectivity index (χ3v) is 3.67. The van der Waals surface area contributed by atoms with E-state index in [0.717, 1.165) is 0 Å². The van der Waals surface area contributed by atoms with Gasteiger partial charge in [-0.3, -0.25) is 4.98 Å². The Hall–Kier alpha value is -1.41. The predicted octanol–water partition coefficient (Wildman–Crippen LogP) is 3.18. The van der Waals surface area contributed by atoms with E-state index in [9.17, 15) is 0 Å². The van der Waals surface area contributed by atoms with Crippen molar-refractivity contribution in [3.05, 3.63) is 41.1 Å². The molecule has 1 unspecified atom stereocenters. The number of rotatable bonds is 0. The molecule has 1 heterocycles. The summed E-state index contributed by atoms with van der Waals surface area (Å²) < 4.78 is 0. The van der Waals surface area contributed by atoms with Crippen LogP contribution >= 0.6 is 0 Å². The molecule has 2 aliphatic carbocycles. The number of para-hydroxylation sites is 1. The van der Waals surface area contributed by atoms with Gasteiger partial charge >= 0.3 is 0 Å². The maximum Gasteiger partial charge on any atom is 0.0708 e. The van der Waals surface area contributed by atoms with Crippen LogP contribution in [0.2, 0.25) is 0 Å². The minimum absolute atomic E-state index is 0. The van der Waals surface area contributed by atoms with Gasteiger partial charge in [0, 0.05) is 11.3 Å². The van der Waals surface area contributed by atoms with E-state index >= 15 is 0 Å². The fourth-order valence-corrected chi connectivity index (χ4v) is 3.07. The number of pyridine rings is 1. The Bertz CT molecular complexity index is 545. The minimum Gasteiger partial charge on any atom is -0.344 e. The van der Waals surface area contributed by atoms with E-state index < -0.39 is 0 Å². The van der Waals surface area contributed by atoms with Crippen LogP contribution in [0.4, 0.5) is 0 Å². The van der Waals surface area contributed by atoms with Crippen LogP contribution < -0.4 is 6.15 Å². The molecule has 3 N–H and O–H groups in total. The van der Waals surface area contributed by atoms with E-state index in [4.69, 9.17) is 4.98 Å². The molecule has 0 radical (unpaired) electrons. The first kappa shape index (κ1) is 8.86. The SMILES string of the molecule is N.c1ccc2c3c4c(nc2c1)C3CCC4. The third kappa shape index (κ3) is 0.901. The van der Waals surface area contributed by atoms with Gasteiger partial charge in [-0.15, -0.1) is 0 Å². The second kappa shape index (κ2) is 2.80. The highest BCUT2D eigenvalue weighted by molar-refractivity contribution is 5.88. The summed E-state index contributed by atoms with van der Waals surface area (Å²) in [6.07, 6.45) is 3.95. The molecule has 2 aliphatic rings. The topological polar surface area (TPSA) is 47.9 Å². The number of fused-ring (bicyclic) bond motifs is 3. The van der Waals surface area contributed by atoms with Gasteiger partial charge in [-0.05, 0) is 36.5 Å². The number of nitrogens with zero attached hydrogens (tertiary/aromatic N) is 1. The van der Waals surface area contributed by atoms with Crippen LogP contribution in [0.5, 0.6) is 0 Å². The fraction of sp³-hybridized carbons (Fsp3) is 0.308. The molecule has 4 rings (SSSR count). The zero-order valence-corrected chi connectivity index (χ0v) is 8.66. The summed E-state index contributed by atoms with van der Waals surface area (Å²) in [7, 11) is 0. The van der Waals surface area contributed by atoms with Gasteiger partial charge in [0.1, 0.15) is 0 Å². The molecule has 2 nitrogen and oxygen atoms in total. The van der Waals surface area contributed by atoms with E-state index in [0.29, 0.717) is 5.92 Å². The lowest BCUT2D eigenvalue weighted by Gasteiger charge is -2.38. The molecule has 2 heteroatoms. The van der Waals surface area contributed by atoms with Crippen molar-refractivity contribution in [1.82, 2.24) is 11.1 Å². The number of aryl methyl sites for hydroxylation is 1. The second-order valence-corrected chi connectivity index (χ2v) is 4.35. The van der Waals surface area contributed by atoms with Crippen molar-refractivity contribution in [3.8, 4) is 0 Å². The number of hydrogen-bond donors (Lipinski definition) is 1. The first-order chi connectivity index (χ1) is 6.95. The Kier molecular flexibility index (Phi) is 1.65. The largest absolute Gasteiger partial charge is 0.344 e. The smallest absolute Gasteiger partial charge is 0.0708 e. The fourth-order valence-electron chi connectivity index (χ4n) is 3.07. The summed E-state index contributed by atoms with van der Waals surface area (Å²) in [5.41, 5.74) is 5.79. The summed E-state index contributed by atoms with van der Waals surface area (Å²) in [6.45, 7) is 0. The molecule has 0 saturated heterocycles. The van der Waals surface area contributed by atoms with Crippen LogP contribution in [0.1, 0.15) is 35.6 Å². The van der Waals surface area contributed by atoms with Crippen LogP contribution in [0.3, 0.4) is 0 Å². The van der Waals surface area contributed by atoms with Crippen LogP contribution in [0, 0.1) is 0 Å². The Morgan fingerprint density at radius 1 is 1.20 bits per heavy atom. The van der Waals surface area contributed by atoms with E-state index in [1.807, 2.05) is 0 Å². The molecule has 1 aromatic heterocycles. The molecular formula is C13H14N2. The summed E-state index contributed by atoms with van der Waals surface area (Å²) in [5.74, 6) is 0.702. The quantitative estimate of drug-likeness (QED) is 0.706. The Morgan fingerprint density at radius 3 is 2.87 bits per heavy atom. The average molecular weight is 198 g/mol. The highest BCUT2D eigenvalue weighted by atomic mass is 14.8. The maximum atomic E-state index is 4.76. The third-order valence-electron chi connectivity index (χ3n) is 3.67.